The van der Waals surface area contributed by atoms with Crippen LogP contribution >= 0.6 is 0 Å². The van der Waals surface area contributed by atoms with Crippen molar-refractivity contribution in [2.75, 3.05) is 7.11 Å². The minimum atomic E-state index is -0.277. The summed E-state index contributed by atoms with van der Waals surface area (Å²) in [6, 6.07) is 19.4. The summed E-state index contributed by atoms with van der Waals surface area (Å²) in [4.78, 5) is 4.51. The fourth-order valence-corrected chi connectivity index (χ4v) is 2.93. The van der Waals surface area contributed by atoms with Crippen molar-refractivity contribution in [1.29, 1.82) is 0 Å². The minimum Gasteiger partial charge on any atom is -0.493 e. The van der Waals surface area contributed by atoms with E-state index < -0.39 is 0 Å². The maximum atomic E-state index is 13.0. The lowest BCUT2D eigenvalue weighted by Gasteiger charge is -2.11. The number of methoxy groups -OCH3 is 1. The van der Waals surface area contributed by atoms with Gasteiger partial charge in [0.25, 0.3) is 5.89 Å². The highest BCUT2D eigenvalue weighted by Gasteiger charge is 2.14. The average molecular weight is 390 g/mol. The van der Waals surface area contributed by atoms with Crippen LogP contribution in [0, 0.1) is 12.7 Å². The highest BCUT2D eigenvalue weighted by atomic mass is 19.1. The van der Waals surface area contributed by atoms with Crippen molar-refractivity contribution in [2.45, 2.75) is 13.5 Å². The summed E-state index contributed by atoms with van der Waals surface area (Å²) in [7, 11) is 1.57. The molecule has 1 heterocycles. The normalized spacial score (nSPS) is 10.7. The number of hydrogen-bond acceptors (Lipinski definition) is 5. The Bertz CT molecular complexity index is 1120. The maximum Gasteiger partial charge on any atom is 0.258 e. The fourth-order valence-electron chi connectivity index (χ4n) is 2.93. The van der Waals surface area contributed by atoms with E-state index in [0.717, 1.165) is 22.3 Å². The number of ether oxygens (including phenoxy) is 2. The van der Waals surface area contributed by atoms with Crippen LogP contribution < -0.4 is 9.47 Å². The molecule has 29 heavy (non-hydrogen) atoms. The van der Waals surface area contributed by atoms with Gasteiger partial charge in [-0.3, -0.25) is 0 Å². The van der Waals surface area contributed by atoms with Crippen LogP contribution in [-0.2, 0) is 6.61 Å². The molecule has 0 amide bonds. The molecule has 0 fully saturated rings. The first-order valence-corrected chi connectivity index (χ1v) is 9.09. The summed E-state index contributed by atoms with van der Waals surface area (Å²) < 4.78 is 29.7. The molecule has 1 aromatic heterocycles. The van der Waals surface area contributed by atoms with Gasteiger partial charge in [-0.25, -0.2) is 4.39 Å². The van der Waals surface area contributed by atoms with Crippen LogP contribution in [-0.4, -0.2) is 17.3 Å². The van der Waals surface area contributed by atoms with Crippen LogP contribution in [0.15, 0.2) is 71.3 Å². The lowest BCUT2D eigenvalue weighted by Crippen LogP contribution is -1.98. The summed E-state index contributed by atoms with van der Waals surface area (Å²) in [6.07, 6.45) is 0. The molecule has 0 atom stereocenters. The van der Waals surface area contributed by atoms with Gasteiger partial charge in [-0.2, -0.15) is 4.98 Å². The zero-order valence-corrected chi connectivity index (χ0v) is 16.1. The van der Waals surface area contributed by atoms with Crippen LogP contribution in [0.1, 0.15) is 11.1 Å². The number of nitrogens with zero attached hydrogens (tertiary/aromatic N) is 2. The quantitative estimate of drug-likeness (QED) is 0.439. The molecule has 5 nitrogen and oxygen atoms in total. The molecule has 4 rings (SSSR count). The second-order valence-electron chi connectivity index (χ2n) is 6.52. The Morgan fingerprint density at radius 2 is 1.76 bits per heavy atom. The lowest BCUT2D eigenvalue weighted by molar-refractivity contribution is 0.284. The van der Waals surface area contributed by atoms with Crippen molar-refractivity contribution in [3.63, 3.8) is 0 Å². The van der Waals surface area contributed by atoms with E-state index in [-0.39, 0.29) is 5.82 Å². The average Bonchev–Trinajstić information content (AvgIpc) is 3.23. The van der Waals surface area contributed by atoms with Gasteiger partial charge in [0.15, 0.2) is 11.5 Å². The summed E-state index contributed by atoms with van der Waals surface area (Å²) >= 11 is 0. The number of hydrogen-bond donors (Lipinski definition) is 0. The zero-order chi connectivity index (χ0) is 20.2. The predicted octanol–water partition coefficient (Wildman–Crippen LogP) is 5.44. The standard InChI is InChI=1S/C23H19FN2O3/c1-15-5-3-4-6-19(15)23-25-22(26-29-23)17-9-12-20(21(13-17)27-2)28-14-16-7-10-18(24)11-8-16/h3-13H,14H2,1-2H3. The molecule has 0 aliphatic carbocycles. The van der Waals surface area contributed by atoms with Gasteiger partial charge in [0.1, 0.15) is 12.4 Å². The molecular weight excluding hydrogens is 371 g/mol. The summed E-state index contributed by atoms with van der Waals surface area (Å²) in [5.41, 5.74) is 3.57. The summed E-state index contributed by atoms with van der Waals surface area (Å²) in [6.45, 7) is 2.30. The highest BCUT2D eigenvalue weighted by molar-refractivity contribution is 5.64. The second kappa shape index (κ2) is 8.14. The van der Waals surface area contributed by atoms with E-state index in [1.165, 1.54) is 12.1 Å². The van der Waals surface area contributed by atoms with Gasteiger partial charge in [0.2, 0.25) is 5.82 Å². The lowest BCUT2D eigenvalue weighted by atomic mass is 10.1. The minimum absolute atomic E-state index is 0.277. The maximum absolute atomic E-state index is 13.0. The number of benzene rings is 3. The van der Waals surface area contributed by atoms with Crippen LogP contribution in [0.2, 0.25) is 0 Å². The van der Waals surface area contributed by atoms with E-state index in [0.29, 0.717) is 29.8 Å². The predicted molar refractivity (Wildman–Crippen MR) is 107 cm³/mol. The van der Waals surface area contributed by atoms with E-state index in [2.05, 4.69) is 10.1 Å². The van der Waals surface area contributed by atoms with Crippen molar-refractivity contribution >= 4 is 0 Å². The van der Waals surface area contributed by atoms with Crippen molar-refractivity contribution < 1.29 is 18.4 Å². The Morgan fingerprint density at radius 1 is 0.966 bits per heavy atom. The summed E-state index contributed by atoms with van der Waals surface area (Å²) in [5.74, 6) is 1.77. The molecule has 0 radical (unpaired) electrons. The number of aryl methyl sites for hydroxylation is 1. The molecule has 6 heteroatoms. The molecule has 0 aliphatic heterocycles. The Labute approximate surface area is 167 Å². The number of aromatic nitrogens is 2. The third kappa shape index (κ3) is 4.11. The van der Waals surface area contributed by atoms with Crippen molar-refractivity contribution in [2.24, 2.45) is 0 Å². The molecule has 0 N–H and O–H groups in total. The van der Waals surface area contributed by atoms with Gasteiger partial charge in [0, 0.05) is 11.1 Å². The molecule has 0 unspecified atom stereocenters. The first kappa shape index (κ1) is 18.7. The third-order valence-corrected chi connectivity index (χ3v) is 4.53. The van der Waals surface area contributed by atoms with E-state index in [1.807, 2.05) is 37.3 Å². The largest absolute Gasteiger partial charge is 0.493 e. The van der Waals surface area contributed by atoms with Gasteiger partial charge in [-0.15, -0.1) is 0 Å². The monoisotopic (exact) mass is 390 g/mol. The first-order chi connectivity index (χ1) is 14.1. The van der Waals surface area contributed by atoms with Gasteiger partial charge in [-0.1, -0.05) is 35.5 Å². The van der Waals surface area contributed by atoms with E-state index >= 15 is 0 Å². The Balaban J connectivity index is 1.55. The Hall–Kier alpha value is -3.67. The second-order valence-corrected chi connectivity index (χ2v) is 6.52. The first-order valence-electron chi connectivity index (χ1n) is 9.09. The third-order valence-electron chi connectivity index (χ3n) is 4.53. The molecule has 3 aromatic carbocycles. The molecular formula is C23H19FN2O3. The molecule has 4 aromatic rings. The molecule has 0 aliphatic rings. The van der Waals surface area contributed by atoms with Crippen LogP contribution in [0.3, 0.4) is 0 Å². The topological polar surface area (TPSA) is 57.4 Å². The SMILES string of the molecule is COc1cc(-c2noc(-c3ccccc3C)n2)ccc1OCc1ccc(F)cc1. The van der Waals surface area contributed by atoms with Crippen LogP contribution in [0.4, 0.5) is 4.39 Å². The smallest absolute Gasteiger partial charge is 0.258 e. The van der Waals surface area contributed by atoms with Gasteiger partial charge < -0.3 is 14.0 Å². The molecule has 0 saturated carbocycles. The molecule has 146 valence electrons. The van der Waals surface area contributed by atoms with Crippen molar-refractivity contribution in [3.05, 3.63) is 83.7 Å². The van der Waals surface area contributed by atoms with E-state index in [9.17, 15) is 4.39 Å². The Morgan fingerprint density at radius 3 is 2.52 bits per heavy atom. The molecule has 0 bridgehead atoms. The molecule has 0 spiro atoms. The van der Waals surface area contributed by atoms with E-state index in [1.54, 1.807) is 31.4 Å². The van der Waals surface area contributed by atoms with Crippen LogP contribution in [0.25, 0.3) is 22.8 Å². The summed E-state index contributed by atoms with van der Waals surface area (Å²) in [5, 5.41) is 4.09. The number of rotatable bonds is 6. The van der Waals surface area contributed by atoms with Crippen molar-refractivity contribution in [3.8, 4) is 34.3 Å². The van der Waals surface area contributed by atoms with Crippen LogP contribution in [0.5, 0.6) is 11.5 Å². The van der Waals surface area contributed by atoms with Gasteiger partial charge >= 0.3 is 0 Å². The van der Waals surface area contributed by atoms with Gasteiger partial charge in [0.05, 0.1) is 7.11 Å². The number of halogens is 1. The highest BCUT2D eigenvalue weighted by Crippen LogP contribution is 2.33. The molecule has 0 saturated heterocycles. The van der Waals surface area contributed by atoms with Crippen molar-refractivity contribution in [1.82, 2.24) is 10.1 Å². The zero-order valence-electron chi connectivity index (χ0n) is 16.1. The van der Waals surface area contributed by atoms with E-state index in [4.69, 9.17) is 14.0 Å². The van der Waals surface area contributed by atoms with Gasteiger partial charge in [-0.05, 0) is 54.4 Å². The Kier molecular flexibility index (Phi) is 5.24. The fraction of sp³-hybridized carbons (Fsp3) is 0.130.